The van der Waals surface area contributed by atoms with E-state index in [-0.39, 0.29) is 29.9 Å². The molecule has 6 aromatic rings. The van der Waals surface area contributed by atoms with Gasteiger partial charge in [0, 0.05) is 65.0 Å². The summed E-state index contributed by atoms with van der Waals surface area (Å²) in [4.78, 5) is 19.9. The van der Waals surface area contributed by atoms with Gasteiger partial charge in [0.15, 0.2) is 0 Å². The zero-order chi connectivity index (χ0) is 34.3. The van der Waals surface area contributed by atoms with Crippen LogP contribution in [0.25, 0.3) is 43.4 Å². The SMILES string of the molecule is C=CC(=O)N1CCn2nc(C34COCCCCOc5cc6c(cnn6C)cc5-c5nc3c(c3sccc53)-c3c(F)cc(F)cc3O4)cc2[C@@H]1C. The van der Waals surface area contributed by atoms with Gasteiger partial charge in [-0.1, -0.05) is 6.58 Å². The molecule has 4 aromatic heterocycles. The number of aromatic nitrogens is 5. The van der Waals surface area contributed by atoms with Gasteiger partial charge in [-0.2, -0.15) is 10.2 Å². The lowest BCUT2D eigenvalue weighted by molar-refractivity contribution is -0.129. The Morgan fingerprint density at radius 1 is 1.10 bits per heavy atom. The molecule has 3 aliphatic heterocycles. The van der Waals surface area contributed by atoms with Gasteiger partial charge < -0.3 is 19.1 Å². The highest BCUT2D eigenvalue weighted by Gasteiger charge is 2.50. The lowest BCUT2D eigenvalue weighted by Gasteiger charge is -2.38. The van der Waals surface area contributed by atoms with E-state index in [0.717, 1.165) is 44.7 Å². The van der Waals surface area contributed by atoms with Crippen LogP contribution in [0.1, 0.15) is 42.9 Å². The fourth-order valence-corrected chi connectivity index (χ4v) is 8.46. The van der Waals surface area contributed by atoms with Gasteiger partial charge in [-0.25, -0.2) is 13.8 Å². The molecule has 10 nitrogen and oxygen atoms in total. The first-order valence-corrected chi connectivity index (χ1v) is 17.4. The number of fused-ring (bicyclic) bond motifs is 10. The van der Waals surface area contributed by atoms with Crippen LogP contribution in [0.15, 0.2) is 60.6 Å². The van der Waals surface area contributed by atoms with Gasteiger partial charge in [-0.05, 0) is 49.4 Å². The molecule has 9 rings (SSSR count). The number of pyridine rings is 1. The Kier molecular flexibility index (Phi) is 7.08. The zero-order valence-electron chi connectivity index (χ0n) is 27.4. The summed E-state index contributed by atoms with van der Waals surface area (Å²) in [5.41, 5.74) is 3.07. The van der Waals surface area contributed by atoms with Crippen molar-refractivity contribution < 1.29 is 27.8 Å². The first kappa shape index (κ1) is 30.9. The number of hydrogen-bond donors (Lipinski definition) is 0. The molecule has 0 saturated heterocycles. The standard InChI is InChI=1S/C37H32F2N6O4S/c1-4-31(46)44-8-9-45-26(20(44)2)17-30(42-45)37-19-47-10-5-6-11-48-28-16-27-21(18-40-43(27)3)13-24(28)34-23-7-12-50-35(23)33(36(37)41-34)32-25(39)14-22(38)15-29(32)49-37/h4,7,12-18,20H,1,5-6,8-11,19H2,2-3H3/t20-,37?/m0/s1. The third kappa shape index (κ3) is 4.52. The van der Waals surface area contributed by atoms with Crippen molar-refractivity contribution in [3.8, 4) is 33.9 Å². The quantitative estimate of drug-likeness (QED) is 0.182. The van der Waals surface area contributed by atoms with E-state index < -0.39 is 17.2 Å². The van der Waals surface area contributed by atoms with Crippen LogP contribution in [0.2, 0.25) is 0 Å². The fourth-order valence-electron chi connectivity index (χ4n) is 7.52. The average Bonchev–Trinajstić information content (AvgIpc) is 3.86. The first-order valence-electron chi connectivity index (χ1n) is 16.6. The van der Waals surface area contributed by atoms with E-state index >= 15 is 4.39 Å². The summed E-state index contributed by atoms with van der Waals surface area (Å²) < 4.78 is 55.2. The Bertz CT molecular complexity index is 2380. The number of halogens is 2. The molecule has 2 atom stereocenters. The Balaban J connectivity index is 1.37. The van der Waals surface area contributed by atoms with Crippen molar-refractivity contribution in [3.63, 3.8) is 0 Å². The van der Waals surface area contributed by atoms with Gasteiger partial charge in [-0.15, -0.1) is 11.3 Å². The molecule has 0 aliphatic carbocycles. The number of carbonyl (C=O) groups excluding carboxylic acids is 1. The van der Waals surface area contributed by atoms with E-state index in [1.54, 1.807) is 15.8 Å². The maximum absolute atomic E-state index is 16.1. The van der Waals surface area contributed by atoms with Crippen molar-refractivity contribution in [2.24, 2.45) is 7.05 Å². The Morgan fingerprint density at radius 2 is 1.96 bits per heavy atom. The number of carbonyl (C=O) groups is 1. The van der Waals surface area contributed by atoms with Crippen molar-refractivity contribution >= 4 is 38.2 Å². The average molecular weight is 695 g/mol. The number of aryl methyl sites for hydroxylation is 1. The summed E-state index contributed by atoms with van der Waals surface area (Å²) in [6, 6.07) is 9.64. The molecule has 1 unspecified atom stereocenters. The number of thiophene rings is 1. The second-order valence-electron chi connectivity index (χ2n) is 12.9. The van der Waals surface area contributed by atoms with Crippen LogP contribution >= 0.6 is 11.3 Å². The topological polar surface area (TPSA) is 96.5 Å². The number of ether oxygens (including phenoxy) is 3. The summed E-state index contributed by atoms with van der Waals surface area (Å²) in [7, 11) is 1.89. The van der Waals surface area contributed by atoms with E-state index in [1.165, 1.54) is 23.5 Å². The van der Waals surface area contributed by atoms with Crippen molar-refractivity contribution in [1.82, 2.24) is 29.4 Å². The lowest BCUT2D eigenvalue weighted by Crippen LogP contribution is -2.44. The van der Waals surface area contributed by atoms with Crippen LogP contribution in [-0.4, -0.2) is 61.7 Å². The maximum Gasteiger partial charge on any atom is 0.246 e. The maximum atomic E-state index is 16.1. The Morgan fingerprint density at radius 3 is 2.82 bits per heavy atom. The molecule has 0 radical (unpaired) electrons. The van der Waals surface area contributed by atoms with Gasteiger partial charge >= 0.3 is 0 Å². The molecule has 3 aliphatic rings. The summed E-state index contributed by atoms with van der Waals surface area (Å²) >= 11 is 1.45. The van der Waals surface area contributed by atoms with Gasteiger partial charge in [0.2, 0.25) is 11.5 Å². The minimum atomic E-state index is -1.51. The van der Waals surface area contributed by atoms with E-state index in [0.29, 0.717) is 61.1 Å². The third-order valence-corrected chi connectivity index (χ3v) is 11.0. The minimum absolute atomic E-state index is 0.0314. The largest absolute Gasteiger partial charge is 0.493 e. The monoisotopic (exact) mass is 694 g/mol. The molecule has 0 spiro atoms. The minimum Gasteiger partial charge on any atom is -0.493 e. The Labute approximate surface area is 289 Å². The molecule has 0 saturated carbocycles. The number of rotatable bonds is 2. The third-order valence-electron chi connectivity index (χ3n) is 10.0. The summed E-state index contributed by atoms with van der Waals surface area (Å²) in [6.45, 7) is 7.30. The smallest absolute Gasteiger partial charge is 0.246 e. The van der Waals surface area contributed by atoms with Crippen molar-refractivity contribution in [1.29, 1.82) is 0 Å². The predicted octanol–water partition coefficient (Wildman–Crippen LogP) is 6.91. The number of benzene rings is 2. The van der Waals surface area contributed by atoms with Crippen LogP contribution in [0, 0.1) is 11.6 Å². The van der Waals surface area contributed by atoms with Crippen LogP contribution in [0.5, 0.6) is 11.5 Å². The van der Waals surface area contributed by atoms with Crippen LogP contribution in [0.3, 0.4) is 0 Å². The molecular weight excluding hydrogens is 663 g/mol. The highest BCUT2D eigenvalue weighted by atomic mass is 32.1. The normalized spacial score (nSPS) is 20.1. The second-order valence-corrected chi connectivity index (χ2v) is 13.8. The van der Waals surface area contributed by atoms with Gasteiger partial charge in [0.1, 0.15) is 34.5 Å². The van der Waals surface area contributed by atoms with E-state index in [4.69, 9.17) is 24.3 Å². The van der Waals surface area contributed by atoms with E-state index in [2.05, 4.69) is 11.7 Å². The summed E-state index contributed by atoms with van der Waals surface area (Å²) in [5.74, 6) is -1.01. The fraction of sp³-hybridized carbons (Fsp3) is 0.297. The summed E-state index contributed by atoms with van der Waals surface area (Å²) in [6.07, 6.45) is 4.54. The molecule has 1 amide bonds. The molecular formula is C37H32F2N6O4S. The number of hydrogen-bond acceptors (Lipinski definition) is 8. The van der Waals surface area contributed by atoms with E-state index in [1.807, 2.05) is 48.3 Å². The predicted molar refractivity (Wildman–Crippen MR) is 184 cm³/mol. The molecule has 254 valence electrons. The van der Waals surface area contributed by atoms with Crippen molar-refractivity contribution in [2.45, 2.75) is 38.0 Å². The molecule has 7 heterocycles. The highest BCUT2D eigenvalue weighted by molar-refractivity contribution is 7.17. The molecule has 0 N–H and O–H groups in total. The summed E-state index contributed by atoms with van der Waals surface area (Å²) in [5, 5.41) is 13.2. The van der Waals surface area contributed by atoms with Crippen LogP contribution in [0.4, 0.5) is 8.78 Å². The second kappa shape index (κ2) is 11.5. The van der Waals surface area contributed by atoms with Gasteiger partial charge in [0.05, 0.1) is 54.5 Å². The van der Waals surface area contributed by atoms with E-state index in [9.17, 15) is 9.18 Å². The van der Waals surface area contributed by atoms with Crippen molar-refractivity contribution in [3.05, 3.63) is 89.3 Å². The van der Waals surface area contributed by atoms with Gasteiger partial charge in [0.25, 0.3) is 0 Å². The van der Waals surface area contributed by atoms with Gasteiger partial charge in [-0.3, -0.25) is 14.2 Å². The Hall–Kier alpha value is -5.14. The lowest BCUT2D eigenvalue weighted by atomic mass is 9.84. The highest BCUT2D eigenvalue weighted by Crippen LogP contribution is 2.54. The molecule has 50 heavy (non-hydrogen) atoms. The van der Waals surface area contributed by atoms with Crippen molar-refractivity contribution in [2.75, 3.05) is 26.4 Å². The van der Waals surface area contributed by atoms with Crippen LogP contribution in [-0.2, 0) is 28.7 Å². The zero-order valence-corrected chi connectivity index (χ0v) is 28.2. The van der Waals surface area contributed by atoms with Crippen LogP contribution < -0.4 is 9.47 Å². The molecule has 0 fully saturated rings. The number of amides is 1. The molecule has 2 bridgehead atoms. The molecule has 2 aromatic carbocycles. The molecule has 13 heteroatoms. The number of nitrogens with zero attached hydrogens (tertiary/aromatic N) is 6. The first-order chi connectivity index (χ1) is 24.3.